The first kappa shape index (κ1) is 13.3. The number of ether oxygens (including phenoxy) is 1. The summed E-state index contributed by atoms with van der Waals surface area (Å²) in [5.74, 6) is -1.52. The van der Waals surface area contributed by atoms with Crippen molar-refractivity contribution in [2.75, 3.05) is 0 Å². The highest BCUT2D eigenvalue weighted by atomic mass is 32.1. The van der Waals surface area contributed by atoms with Gasteiger partial charge in [0.15, 0.2) is 0 Å². The fraction of sp³-hybridized carbons (Fsp3) is 0.200. The van der Waals surface area contributed by atoms with Gasteiger partial charge in [0, 0.05) is 10.5 Å². The van der Waals surface area contributed by atoms with Crippen LogP contribution in [-0.2, 0) is 11.2 Å². The molecule has 1 aromatic carbocycles. The van der Waals surface area contributed by atoms with Crippen LogP contribution in [0.1, 0.15) is 11.1 Å². The summed E-state index contributed by atoms with van der Waals surface area (Å²) in [5, 5.41) is 17.3. The molecule has 0 saturated heterocycles. The molecule has 0 aromatic heterocycles. The van der Waals surface area contributed by atoms with Crippen molar-refractivity contribution in [3.05, 3.63) is 23.3 Å². The molecule has 1 aromatic rings. The van der Waals surface area contributed by atoms with Crippen molar-refractivity contribution < 1.29 is 23.4 Å². The minimum absolute atomic E-state index is 0.0399. The van der Waals surface area contributed by atoms with Crippen LogP contribution in [0.5, 0.6) is 5.75 Å². The summed E-state index contributed by atoms with van der Waals surface area (Å²) in [6, 6.07) is 4.02. The number of aliphatic carboxylic acids is 1. The van der Waals surface area contributed by atoms with E-state index in [9.17, 15) is 13.6 Å². The number of carbonyl (C=O) groups is 1. The molecule has 0 spiro atoms. The van der Waals surface area contributed by atoms with E-state index in [0.29, 0.717) is 0 Å². The molecule has 0 aliphatic rings. The second-order valence-corrected chi connectivity index (χ2v) is 3.52. The Morgan fingerprint density at radius 3 is 2.71 bits per heavy atom. The average molecular weight is 259 g/mol. The van der Waals surface area contributed by atoms with Crippen LogP contribution < -0.4 is 4.74 Å². The molecule has 0 fully saturated rings. The lowest BCUT2D eigenvalue weighted by molar-refractivity contribution is -0.136. The fourth-order valence-corrected chi connectivity index (χ4v) is 1.48. The number of benzene rings is 1. The first-order chi connectivity index (χ1) is 7.93. The summed E-state index contributed by atoms with van der Waals surface area (Å²) in [6.45, 7) is -3.08. The molecule has 90 valence electrons. The minimum atomic E-state index is -3.08. The number of carboxylic acid groups (broad SMARTS) is 1. The van der Waals surface area contributed by atoms with E-state index in [-0.39, 0.29) is 21.8 Å². The average Bonchev–Trinajstić information content (AvgIpc) is 2.20. The maximum Gasteiger partial charge on any atom is 0.387 e. The van der Waals surface area contributed by atoms with E-state index in [1.54, 1.807) is 6.07 Å². The zero-order valence-electron chi connectivity index (χ0n) is 8.35. The van der Waals surface area contributed by atoms with Crippen LogP contribution in [0.2, 0.25) is 0 Å². The van der Waals surface area contributed by atoms with Crippen LogP contribution in [0.15, 0.2) is 17.0 Å². The Morgan fingerprint density at radius 2 is 2.24 bits per heavy atom. The van der Waals surface area contributed by atoms with Crippen LogP contribution in [0, 0.1) is 11.3 Å². The minimum Gasteiger partial charge on any atom is -0.481 e. The molecule has 0 aliphatic heterocycles. The fourth-order valence-electron chi connectivity index (χ4n) is 1.21. The van der Waals surface area contributed by atoms with Crippen LogP contribution in [-0.4, -0.2) is 17.7 Å². The van der Waals surface area contributed by atoms with Gasteiger partial charge in [0.2, 0.25) is 0 Å². The Balaban J connectivity index is 3.21. The standard InChI is InChI=1S/C10H7F2NO3S/c11-10(12)16-7-1-6(4-13)8(17)2-5(7)3-9(14)15/h1-2,10,17H,3H2,(H,14,15). The number of thiol groups is 1. The topological polar surface area (TPSA) is 70.3 Å². The number of hydrogen-bond donors (Lipinski definition) is 2. The number of hydrogen-bond acceptors (Lipinski definition) is 4. The Labute approximate surface area is 101 Å². The lowest BCUT2D eigenvalue weighted by Crippen LogP contribution is -2.08. The molecule has 0 atom stereocenters. The number of halogens is 2. The van der Waals surface area contributed by atoms with Gasteiger partial charge in [-0.3, -0.25) is 4.79 Å². The highest BCUT2D eigenvalue weighted by Gasteiger charge is 2.15. The third kappa shape index (κ3) is 3.60. The van der Waals surface area contributed by atoms with Crippen molar-refractivity contribution in [1.29, 1.82) is 5.26 Å². The van der Waals surface area contributed by atoms with E-state index in [2.05, 4.69) is 17.4 Å². The summed E-state index contributed by atoms with van der Waals surface area (Å²) in [5.41, 5.74) is 0.0833. The molecule has 4 nitrogen and oxygen atoms in total. The van der Waals surface area contributed by atoms with Gasteiger partial charge in [0.05, 0.1) is 12.0 Å². The third-order valence-electron chi connectivity index (χ3n) is 1.86. The molecular formula is C10H7F2NO3S. The molecule has 1 rings (SSSR count). The van der Waals surface area contributed by atoms with Gasteiger partial charge in [-0.1, -0.05) is 0 Å². The van der Waals surface area contributed by atoms with Gasteiger partial charge in [-0.05, 0) is 12.1 Å². The number of nitrogens with zero attached hydrogens (tertiary/aromatic N) is 1. The van der Waals surface area contributed by atoms with Gasteiger partial charge in [-0.2, -0.15) is 14.0 Å². The summed E-state index contributed by atoms with van der Waals surface area (Å²) in [4.78, 5) is 10.8. The zero-order valence-corrected chi connectivity index (χ0v) is 9.25. The normalized spacial score (nSPS) is 10.1. The van der Waals surface area contributed by atoms with Gasteiger partial charge in [0.25, 0.3) is 0 Å². The van der Waals surface area contributed by atoms with E-state index < -0.39 is 19.0 Å². The van der Waals surface area contributed by atoms with Gasteiger partial charge in [0.1, 0.15) is 11.8 Å². The summed E-state index contributed by atoms with van der Waals surface area (Å²) in [7, 11) is 0. The smallest absolute Gasteiger partial charge is 0.387 e. The molecule has 0 aliphatic carbocycles. The Morgan fingerprint density at radius 1 is 1.59 bits per heavy atom. The first-order valence-corrected chi connectivity index (χ1v) is 4.81. The predicted molar refractivity (Wildman–Crippen MR) is 56.4 cm³/mol. The SMILES string of the molecule is N#Cc1cc(OC(F)F)c(CC(=O)O)cc1S. The molecule has 0 unspecified atom stereocenters. The number of alkyl halides is 2. The van der Waals surface area contributed by atoms with Gasteiger partial charge in [-0.25, -0.2) is 0 Å². The van der Waals surface area contributed by atoms with Crippen molar-refractivity contribution >= 4 is 18.6 Å². The number of carboxylic acids is 1. The lowest BCUT2D eigenvalue weighted by atomic mass is 10.1. The quantitative estimate of drug-likeness (QED) is 0.812. The lowest BCUT2D eigenvalue weighted by Gasteiger charge is -2.10. The zero-order chi connectivity index (χ0) is 13.0. The van der Waals surface area contributed by atoms with Crippen LogP contribution in [0.3, 0.4) is 0 Å². The molecular weight excluding hydrogens is 252 g/mol. The van der Waals surface area contributed by atoms with Gasteiger partial charge >= 0.3 is 12.6 Å². The van der Waals surface area contributed by atoms with Crippen molar-refractivity contribution in [2.24, 2.45) is 0 Å². The molecule has 1 N–H and O–H groups in total. The van der Waals surface area contributed by atoms with Crippen molar-refractivity contribution in [3.63, 3.8) is 0 Å². The number of rotatable bonds is 4. The predicted octanol–water partition coefficient (Wildman–Crippen LogP) is 2.08. The molecule has 0 saturated carbocycles. The number of nitriles is 1. The van der Waals surface area contributed by atoms with E-state index >= 15 is 0 Å². The summed E-state index contributed by atoms with van der Waals surface area (Å²) in [6.07, 6.45) is -0.485. The van der Waals surface area contributed by atoms with Crippen LogP contribution >= 0.6 is 12.6 Å². The molecule has 7 heteroatoms. The Hall–Kier alpha value is -1.81. The molecule has 0 bridgehead atoms. The van der Waals surface area contributed by atoms with Crippen molar-refractivity contribution in [1.82, 2.24) is 0 Å². The highest BCUT2D eigenvalue weighted by Crippen LogP contribution is 2.27. The van der Waals surface area contributed by atoms with E-state index in [4.69, 9.17) is 10.4 Å². The van der Waals surface area contributed by atoms with Gasteiger partial charge in [-0.15, -0.1) is 12.6 Å². The van der Waals surface area contributed by atoms with Crippen molar-refractivity contribution in [2.45, 2.75) is 17.9 Å². The molecule has 17 heavy (non-hydrogen) atoms. The maximum absolute atomic E-state index is 12.1. The second-order valence-electron chi connectivity index (χ2n) is 3.04. The highest BCUT2D eigenvalue weighted by molar-refractivity contribution is 7.80. The van der Waals surface area contributed by atoms with E-state index in [0.717, 1.165) is 6.07 Å². The summed E-state index contributed by atoms with van der Waals surface area (Å²) >= 11 is 3.95. The van der Waals surface area contributed by atoms with Crippen molar-refractivity contribution in [3.8, 4) is 11.8 Å². The Bertz CT molecular complexity index is 485. The van der Waals surface area contributed by atoms with Gasteiger partial charge < -0.3 is 9.84 Å². The van der Waals surface area contributed by atoms with E-state index in [1.165, 1.54) is 6.07 Å². The monoisotopic (exact) mass is 259 g/mol. The molecule has 0 amide bonds. The van der Waals surface area contributed by atoms with Crippen LogP contribution in [0.4, 0.5) is 8.78 Å². The van der Waals surface area contributed by atoms with E-state index in [1.807, 2.05) is 0 Å². The second kappa shape index (κ2) is 5.50. The Kier molecular flexibility index (Phi) is 4.29. The third-order valence-corrected chi connectivity index (χ3v) is 2.23. The molecule has 0 heterocycles. The first-order valence-electron chi connectivity index (χ1n) is 4.36. The maximum atomic E-state index is 12.1. The molecule has 0 radical (unpaired) electrons. The summed E-state index contributed by atoms with van der Waals surface area (Å²) < 4.78 is 28.4. The largest absolute Gasteiger partial charge is 0.481 e. The van der Waals surface area contributed by atoms with Crippen LogP contribution in [0.25, 0.3) is 0 Å².